The second kappa shape index (κ2) is 6.26. The standard InChI is InChI=1S/C11H12N4O4S/c12-8(16)4-15(6-10(17)18)5-9-13-11(14-19-9)7-2-1-3-20-7/h1-3H,4-6H2,(H2,12,16)(H,17,18). The highest BCUT2D eigenvalue weighted by molar-refractivity contribution is 7.13. The number of rotatable bonds is 7. The van der Waals surface area contributed by atoms with Crippen LogP contribution in [-0.2, 0) is 16.1 Å². The van der Waals surface area contributed by atoms with Crippen LogP contribution in [0.2, 0.25) is 0 Å². The van der Waals surface area contributed by atoms with Gasteiger partial charge in [0.05, 0.1) is 24.5 Å². The number of primary amides is 1. The summed E-state index contributed by atoms with van der Waals surface area (Å²) in [6.07, 6.45) is 0. The third kappa shape index (κ3) is 3.87. The Morgan fingerprint density at radius 2 is 2.25 bits per heavy atom. The molecular formula is C11H12N4O4S. The Balaban J connectivity index is 2.06. The predicted molar refractivity (Wildman–Crippen MR) is 69.7 cm³/mol. The first kappa shape index (κ1) is 14.2. The van der Waals surface area contributed by atoms with Crippen LogP contribution in [0.3, 0.4) is 0 Å². The number of aromatic nitrogens is 2. The molecule has 0 aliphatic carbocycles. The van der Waals surface area contributed by atoms with Gasteiger partial charge >= 0.3 is 5.97 Å². The van der Waals surface area contributed by atoms with E-state index in [9.17, 15) is 9.59 Å². The van der Waals surface area contributed by atoms with Crippen molar-refractivity contribution in [2.24, 2.45) is 5.73 Å². The molecule has 0 aliphatic heterocycles. The van der Waals surface area contributed by atoms with Crippen molar-refractivity contribution in [2.45, 2.75) is 6.54 Å². The van der Waals surface area contributed by atoms with E-state index in [-0.39, 0.29) is 25.5 Å². The Morgan fingerprint density at radius 3 is 2.85 bits per heavy atom. The molecule has 2 aromatic rings. The molecule has 0 atom stereocenters. The molecule has 2 rings (SSSR count). The monoisotopic (exact) mass is 296 g/mol. The molecule has 9 heteroatoms. The summed E-state index contributed by atoms with van der Waals surface area (Å²) in [5.74, 6) is -1.02. The van der Waals surface area contributed by atoms with Gasteiger partial charge in [0.15, 0.2) is 0 Å². The number of nitrogens with two attached hydrogens (primary N) is 1. The van der Waals surface area contributed by atoms with E-state index >= 15 is 0 Å². The summed E-state index contributed by atoms with van der Waals surface area (Å²) in [7, 11) is 0. The van der Waals surface area contributed by atoms with E-state index in [0.29, 0.717) is 5.82 Å². The van der Waals surface area contributed by atoms with Crippen molar-refractivity contribution in [1.82, 2.24) is 15.0 Å². The lowest BCUT2D eigenvalue weighted by molar-refractivity contribution is -0.138. The molecule has 1 amide bonds. The number of hydrogen-bond donors (Lipinski definition) is 2. The van der Waals surface area contributed by atoms with Crippen molar-refractivity contribution < 1.29 is 19.2 Å². The van der Waals surface area contributed by atoms with Gasteiger partial charge in [-0.2, -0.15) is 4.98 Å². The maximum Gasteiger partial charge on any atom is 0.317 e. The summed E-state index contributed by atoms with van der Waals surface area (Å²) >= 11 is 1.46. The van der Waals surface area contributed by atoms with E-state index in [1.807, 2.05) is 17.5 Å². The number of nitrogens with zero attached hydrogens (tertiary/aromatic N) is 3. The van der Waals surface area contributed by atoms with Crippen LogP contribution in [0.5, 0.6) is 0 Å². The highest BCUT2D eigenvalue weighted by Gasteiger charge is 2.17. The summed E-state index contributed by atoms with van der Waals surface area (Å²) < 4.78 is 5.04. The normalized spacial score (nSPS) is 10.8. The number of carboxylic acid groups (broad SMARTS) is 1. The third-order valence-corrected chi connectivity index (χ3v) is 3.17. The van der Waals surface area contributed by atoms with Gasteiger partial charge in [0.1, 0.15) is 0 Å². The number of carbonyl (C=O) groups excluding carboxylic acids is 1. The van der Waals surface area contributed by atoms with E-state index in [2.05, 4.69) is 10.1 Å². The van der Waals surface area contributed by atoms with Crippen molar-refractivity contribution in [3.05, 3.63) is 23.4 Å². The molecule has 0 radical (unpaired) electrons. The molecule has 0 unspecified atom stereocenters. The smallest absolute Gasteiger partial charge is 0.317 e. The summed E-state index contributed by atoms with van der Waals surface area (Å²) in [6, 6.07) is 3.71. The van der Waals surface area contributed by atoms with Gasteiger partial charge in [-0.15, -0.1) is 11.3 Å². The fourth-order valence-corrected chi connectivity index (χ4v) is 2.24. The van der Waals surface area contributed by atoms with Crippen LogP contribution in [0.4, 0.5) is 0 Å². The van der Waals surface area contributed by atoms with Crippen LogP contribution < -0.4 is 5.73 Å². The highest BCUT2D eigenvalue weighted by atomic mass is 32.1. The third-order valence-electron chi connectivity index (χ3n) is 2.31. The predicted octanol–water partition coefficient (Wildman–Crippen LogP) is 0.170. The second-order valence-corrected chi connectivity index (χ2v) is 4.94. The molecule has 0 fully saturated rings. The molecule has 8 nitrogen and oxygen atoms in total. The van der Waals surface area contributed by atoms with Crippen molar-refractivity contribution >= 4 is 23.2 Å². The zero-order chi connectivity index (χ0) is 14.5. The van der Waals surface area contributed by atoms with Crippen LogP contribution in [0.25, 0.3) is 10.7 Å². The van der Waals surface area contributed by atoms with E-state index < -0.39 is 11.9 Å². The number of amides is 1. The average molecular weight is 296 g/mol. The van der Waals surface area contributed by atoms with Crippen molar-refractivity contribution in [1.29, 1.82) is 0 Å². The quantitative estimate of drug-likeness (QED) is 0.746. The second-order valence-electron chi connectivity index (χ2n) is 3.99. The number of carbonyl (C=O) groups is 2. The SMILES string of the molecule is NC(=O)CN(CC(=O)O)Cc1nc(-c2cccs2)no1. The zero-order valence-corrected chi connectivity index (χ0v) is 11.2. The molecule has 0 aromatic carbocycles. The summed E-state index contributed by atoms with van der Waals surface area (Å²) in [6.45, 7) is -0.476. The van der Waals surface area contributed by atoms with Gasteiger partial charge in [-0.05, 0) is 11.4 Å². The lowest BCUT2D eigenvalue weighted by atomic mass is 10.4. The number of aliphatic carboxylic acids is 1. The summed E-state index contributed by atoms with van der Waals surface area (Å²) in [4.78, 5) is 27.9. The van der Waals surface area contributed by atoms with Gasteiger partial charge in [0.2, 0.25) is 17.6 Å². The molecule has 0 bridgehead atoms. The summed E-state index contributed by atoms with van der Waals surface area (Å²) in [5.41, 5.74) is 5.07. The van der Waals surface area contributed by atoms with E-state index in [0.717, 1.165) is 4.88 Å². The minimum Gasteiger partial charge on any atom is -0.480 e. The highest BCUT2D eigenvalue weighted by Crippen LogP contribution is 2.21. The van der Waals surface area contributed by atoms with Gasteiger partial charge in [0.25, 0.3) is 0 Å². The van der Waals surface area contributed by atoms with E-state index in [1.54, 1.807) is 0 Å². The van der Waals surface area contributed by atoms with Crippen molar-refractivity contribution in [2.75, 3.05) is 13.1 Å². The maximum atomic E-state index is 10.9. The lowest BCUT2D eigenvalue weighted by Crippen LogP contribution is -2.36. The molecule has 3 N–H and O–H groups in total. The Bertz CT molecular complexity index is 579. The number of carboxylic acids is 1. The lowest BCUT2D eigenvalue weighted by Gasteiger charge is -2.15. The maximum absolute atomic E-state index is 10.9. The minimum absolute atomic E-state index is 0.0492. The number of hydrogen-bond acceptors (Lipinski definition) is 7. The minimum atomic E-state index is -1.07. The largest absolute Gasteiger partial charge is 0.480 e. The average Bonchev–Trinajstić information content (AvgIpc) is 2.95. The van der Waals surface area contributed by atoms with E-state index in [1.165, 1.54) is 16.2 Å². The van der Waals surface area contributed by atoms with Crippen LogP contribution in [-0.4, -0.2) is 45.1 Å². The van der Waals surface area contributed by atoms with Crippen LogP contribution in [0.15, 0.2) is 22.0 Å². The van der Waals surface area contributed by atoms with Gasteiger partial charge in [0, 0.05) is 0 Å². The van der Waals surface area contributed by atoms with E-state index in [4.69, 9.17) is 15.4 Å². The zero-order valence-electron chi connectivity index (χ0n) is 10.4. The van der Waals surface area contributed by atoms with Gasteiger partial charge in [-0.25, -0.2) is 0 Å². The van der Waals surface area contributed by atoms with Crippen LogP contribution in [0, 0.1) is 0 Å². The first-order valence-electron chi connectivity index (χ1n) is 5.63. The van der Waals surface area contributed by atoms with Gasteiger partial charge < -0.3 is 15.4 Å². The molecule has 2 heterocycles. The molecule has 0 saturated carbocycles. The Morgan fingerprint density at radius 1 is 1.45 bits per heavy atom. The van der Waals surface area contributed by atoms with Gasteiger partial charge in [-0.3, -0.25) is 14.5 Å². The molecule has 20 heavy (non-hydrogen) atoms. The molecule has 0 saturated heterocycles. The van der Waals surface area contributed by atoms with Crippen molar-refractivity contribution in [3.8, 4) is 10.7 Å². The first-order chi connectivity index (χ1) is 9.54. The fourth-order valence-electron chi connectivity index (χ4n) is 1.60. The van der Waals surface area contributed by atoms with Crippen LogP contribution in [0.1, 0.15) is 5.89 Å². The molecule has 0 aliphatic rings. The molecule has 2 aromatic heterocycles. The van der Waals surface area contributed by atoms with Gasteiger partial charge in [-0.1, -0.05) is 11.2 Å². The topological polar surface area (TPSA) is 123 Å². The summed E-state index contributed by atoms with van der Waals surface area (Å²) in [5, 5.41) is 14.5. The molecular weight excluding hydrogens is 284 g/mol. The van der Waals surface area contributed by atoms with Crippen molar-refractivity contribution in [3.63, 3.8) is 0 Å². The first-order valence-corrected chi connectivity index (χ1v) is 6.51. The molecule has 0 spiro atoms. The Kier molecular flexibility index (Phi) is 4.43. The number of thiophene rings is 1. The molecule has 106 valence electrons. The van der Waals surface area contributed by atoms with Crippen LogP contribution >= 0.6 is 11.3 Å². The Labute approximate surface area is 117 Å². The Hall–Kier alpha value is -2.26. The fraction of sp³-hybridized carbons (Fsp3) is 0.273.